The third kappa shape index (κ3) is 7.50. The molecule has 2 fully saturated rings. The standard InChI is InChI=1S/C24H47NO/c1-2-3-4-5-6-7-8-9-10-11-12-13-14-15-18-25-24(21-26)20-22-16-17-23(24)19-22/h22-23,25-26H,2-21H2,1H3. The Morgan fingerprint density at radius 2 is 1.31 bits per heavy atom. The molecule has 0 aromatic rings. The molecule has 0 aromatic carbocycles. The number of unbranched alkanes of at least 4 members (excludes halogenated alkanes) is 13. The maximum Gasteiger partial charge on any atom is 0.0616 e. The minimum atomic E-state index is 0.0967. The van der Waals surface area contributed by atoms with Crippen LogP contribution in [0.25, 0.3) is 0 Å². The average Bonchev–Trinajstić information content (AvgIpc) is 3.26. The van der Waals surface area contributed by atoms with Gasteiger partial charge in [-0.05, 0) is 44.1 Å². The van der Waals surface area contributed by atoms with Crippen LogP contribution in [0.2, 0.25) is 0 Å². The summed E-state index contributed by atoms with van der Waals surface area (Å²) in [6.07, 6.45) is 25.2. The van der Waals surface area contributed by atoms with Gasteiger partial charge in [-0.15, -0.1) is 0 Å². The summed E-state index contributed by atoms with van der Waals surface area (Å²) < 4.78 is 0. The number of aliphatic hydroxyl groups is 1. The molecule has 2 nitrogen and oxygen atoms in total. The summed E-state index contributed by atoms with van der Waals surface area (Å²) in [6, 6.07) is 0. The van der Waals surface area contributed by atoms with Gasteiger partial charge < -0.3 is 10.4 Å². The molecule has 3 unspecified atom stereocenters. The SMILES string of the molecule is CCCCCCCCCCCCCCCCNC1(CO)CC2CCC1C2. The van der Waals surface area contributed by atoms with Crippen molar-refractivity contribution in [2.24, 2.45) is 11.8 Å². The van der Waals surface area contributed by atoms with Gasteiger partial charge in [0.25, 0.3) is 0 Å². The lowest BCUT2D eigenvalue weighted by Crippen LogP contribution is -2.52. The van der Waals surface area contributed by atoms with Gasteiger partial charge in [0.05, 0.1) is 6.61 Å². The van der Waals surface area contributed by atoms with Gasteiger partial charge in [0.2, 0.25) is 0 Å². The van der Waals surface area contributed by atoms with Crippen LogP contribution in [0.5, 0.6) is 0 Å². The van der Waals surface area contributed by atoms with Crippen LogP contribution < -0.4 is 5.32 Å². The minimum absolute atomic E-state index is 0.0967. The Kier molecular flexibility index (Phi) is 11.2. The molecule has 2 bridgehead atoms. The summed E-state index contributed by atoms with van der Waals surface area (Å²) in [7, 11) is 0. The molecule has 2 N–H and O–H groups in total. The van der Waals surface area contributed by atoms with Crippen LogP contribution in [0, 0.1) is 11.8 Å². The lowest BCUT2D eigenvalue weighted by molar-refractivity contribution is 0.106. The number of hydrogen-bond donors (Lipinski definition) is 2. The zero-order valence-electron chi connectivity index (χ0n) is 17.7. The second-order valence-electron chi connectivity index (χ2n) is 9.42. The molecule has 3 atom stereocenters. The molecule has 0 amide bonds. The zero-order chi connectivity index (χ0) is 18.5. The fourth-order valence-corrected chi connectivity index (χ4v) is 5.57. The molecule has 0 radical (unpaired) electrons. The van der Waals surface area contributed by atoms with Crippen LogP contribution in [-0.4, -0.2) is 23.8 Å². The Hall–Kier alpha value is -0.0800. The molecule has 154 valence electrons. The van der Waals surface area contributed by atoms with Crippen molar-refractivity contribution in [1.82, 2.24) is 5.32 Å². The molecule has 0 aliphatic heterocycles. The number of nitrogens with one attached hydrogen (secondary N) is 1. The van der Waals surface area contributed by atoms with Crippen LogP contribution in [-0.2, 0) is 0 Å². The first kappa shape index (κ1) is 22.2. The first-order valence-corrected chi connectivity index (χ1v) is 12.2. The third-order valence-corrected chi connectivity index (χ3v) is 7.27. The van der Waals surface area contributed by atoms with Crippen LogP contribution in [0.4, 0.5) is 0 Å². The van der Waals surface area contributed by atoms with Crippen LogP contribution in [0.1, 0.15) is 122 Å². The zero-order valence-corrected chi connectivity index (χ0v) is 17.7. The van der Waals surface area contributed by atoms with E-state index in [1.807, 2.05) is 0 Å². The van der Waals surface area contributed by atoms with Gasteiger partial charge in [-0.25, -0.2) is 0 Å². The maximum atomic E-state index is 9.89. The van der Waals surface area contributed by atoms with E-state index in [2.05, 4.69) is 12.2 Å². The fourth-order valence-electron chi connectivity index (χ4n) is 5.57. The quantitative estimate of drug-likeness (QED) is 0.284. The molecule has 0 saturated heterocycles. The number of hydrogen-bond acceptors (Lipinski definition) is 2. The van der Waals surface area contributed by atoms with E-state index < -0.39 is 0 Å². The summed E-state index contributed by atoms with van der Waals surface area (Å²) >= 11 is 0. The van der Waals surface area contributed by atoms with Gasteiger partial charge in [0, 0.05) is 5.54 Å². The van der Waals surface area contributed by atoms with E-state index in [-0.39, 0.29) is 5.54 Å². The maximum absolute atomic E-state index is 9.89. The molecule has 0 heterocycles. The molecular weight excluding hydrogens is 318 g/mol. The molecule has 2 saturated carbocycles. The monoisotopic (exact) mass is 365 g/mol. The van der Waals surface area contributed by atoms with Crippen molar-refractivity contribution >= 4 is 0 Å². The topological polar surface area (TPSA) is 32.3 Å². The van der Waals surface area contributed by atoms with E-state index in [1.54, 1.807) is 0 Å². The average molecular weight is 366 g/mol. The largest absolute Gasteiger partial charge is 0.394 e. The highest BCUT2D eigenvalue weighted by molar-refractivity contribution is 5.06. The predicted molar refractivity (Wildman–Crippen MR) is 114 cm³/mol. The van der Waals surface area contributed by atoms with Gasteiger partial charge in [-0.2, -0.15) is 0 Å². The van der Waals surface area contributed by atoms with Crippen molar-refractivity contribution in [3.8, 4) is 0 Å². The van der Waals surface area contributed by atoms with E-state index in [0.717, 1.165) is 18.4 Å². The van der Waals surface area contributed by atoms with Gasteiger partial charge in [-0.1, -0.05) is 96.8 Å². The summed E-state index contributed by atoms with van der Waals surface area (Å²) in [4.78, 5) is 0. The summed E-state index contributed by atoms with van der Waals surface area (Å²) in [5.74, 6) is 1.65. The molecule has 2 aliphatic rings. The van der Waals surface area contributed by atoms with Crippen molar-refractivity contribution in [2.45, 2.75) is 128 Å². The van der Waals surface area contributed by atoms with Crippen molar-refractivity contribution < 1.29 is 5.11 Å². The second kappa shape index (κ2) is 13.2. The van der Waals surface area contributed by atoms with E-state index >= 15 is 0 Å². The molecule has 2 aliphatic carbocycles. The van der Waals surface area contributed by atoms with Crippen LogP contribution in [0.15, 0.2) is 0 Å². The lowest BCUT2D eigenvalue weighted by Gasteiger charge is -2.37. The van der Waals surface area contributed by atoms with Crippen LogP contribution in [0.3, 0.4) is 0 Å². The molecule has 2 heteroatoms. The van der Waals surface area contributed by atoms with E-state index in [4.69, 9.17) is 0 Å². The number of fused-ring (bicyclic) bond motifs is 2. The number of rotatable bonds is 17. The fraction of sp³-hybridized carbons (Fsp3) is 1.00. The van der Waals surface area contributed by atoms with Crippen molar-refractivity contribution in [3.05, 3.63) is 0 Å². The number of aliphatic hydroxyl groups excluding tert-OH is 1. The molecular formula is C24H47NO. The van der Waals surface area contributed by atoms with Gasteiger partial charge in [0.15, 0.2) is 0 Å². The Balaban J connectivity index is 1.32. The second-order valence-corrected chi connectivity index (χ2v) is 9.42. The Bertz CT molecular complexity index is 345. The molecule has 26 heavy (non-hydrogen) atoms. The Morgan fingerprint density at radius 3 is 1.73 bits per heavy atom. The van der Waals surface area contributed by atoms with E-state index in [0.29, 0.717) is 6.61 Å². The normalized spacial score (nSPS) is 27.5. The Labute approximate surface area is 163 Å². The van der Waals surface area contributed by atoms with Gasteiger partial charge in [-0.3, -0.25) is 0 Å². The smallest absolute Gasteiger partial charge is 0.0616 e. The summed E-state index contributed by atoms with van der Waals surface area (Å²) in [5.41, 5.74) is 0.0967. The highest BCUT2D eigenvalue weighted by atomic mass is 16.3. The molecule has 0 spiro atoms. The predicted octanol–water partition coefficient (Wildman–Crippen LogP) is 6.61. The first-order chi connectivity index (χ1) is 12.8. The highest BCUT2D eigenvalue weighted by Gasteiger charge is 2.50. The third-order valence-electron chi connectivity index (χ3n) is 7.27. The summed E-state index contributed by atoms with van der Waals surface area (Å²) in [6.45, 7) is 3.76. The molecule has 0 aromatic heterocycles. The van der Waals surface area contributed by atoms with Gasteiger partial charge >= 0.3 is 0 Å². The lowest BCUT2D eigenvalue weighted by atomic mass is 9.81. The van der Waals surface area contributed by atoms with Crippen molar-refractivity contribution in [3.63, 3.8) is 0 Å². The van der Waals surface area contributed by atoms with E-state index in [9.17, 15) is 5.11 Å². The highest BCUT2D eigenvalue weighted by Crippen LogP contribution is 2.50. The van der Waals surface area contributed by atoms with Crippen molar-refractivity contribution in [2.75, 3.05) is 13.2 Å². The van der Waals surface area contributed by atoms with E-state index in [1.165, 1.54) is 116 Å². The van der Waals surface area contributed by atoms with Crippen molar-refractivity contribution in [1.29, 1.82) is 0 Å². The summed E-state index contributed by atoms with van der Waals surface area (Å²) in [5, 5.41) is 13.7. The van der Waals surface area contributed by atoms with Crippen LogP contribution >= 0.6 is 0 Å². The molecule has 2 rings (SSSR count). The minimum Gasteiger partial charge on any atom is -0.394 e. The Morgan fingerprint density at radius 1 is 0.769 bits per heavy atom. The first-order valence-electron chi connectivity index (χ1n) is 12.2. The van der Waals surface area contributed by atoms with Gasteiger partial charge in [0.1, 0.15) is 0 Å².